The standard InChI is InChI=1S/C6H12Br2Si/c1-3-5-6-9(7,8)4-2/h4H,2-3,5-6H2,1H3. The summed E-state index contributed by atoms with van der Waals surface area (Å²) in [6.45, 7) is 5.96. The van der Waals surface area contributed by atoms with Crippen LogP contribution in [0.15, 0.2) is 12.3 Å². The van der Waals surface area contributed by atoms with E-state index in [9.17, 15) is 0 Å². The van der Waals surface area contributed by atoms with E-state index in [1.165, 1.54) is 18.9 Å². The van der Waals surface area contributed by atoms with Gasteiger partial charge in [-0.3, -0.25) is 0 Å². The summed E-state index contributed by atoms with van der Waals surface area (Å²) in [5.74, 6) is 0. The highest BCUT2D eigenvalue weighted by Gasteiger charge is 2.19. The lowest BCUT2D eigenvalue weighted by molar-refractivity contribution is 0.879. The quantitative estimate of drug-likeness (QED) is 0.540. The molecule has 0 aromatic carbocycles. The average Bonchev–Trinajstić information content (AvgIpc) is 1.84. The van der Waals surface area contributed by atoms with E-state index in [1.54, 1.807) is 0 Å². The van der Waals surface area contributed by atoms with Gasteiger partial charge in [0.1, 0.15) is 0 Å². The minimum absolute atomic E-state index is 1.24. The Hall–Kier alpha value is 0.917. The van der Waals surface area contributed by atoms with E-state index in [1.807, 2.05) is 5.70 Å². The maximum atomic E-state index is 3.75. The maximum absolute atomic E-state index is 3.75. The van der Waals surface area contributed by atoms with E-state index in [4.69, 9.17) is 0 Å². The number of hydrogen-bond acceptors (Lipinski definition) is 0. The molecule has 0 saturated carbocycles. The second-order valence-corrected chi connectivity index (χ2v) is 16.2. The third-order valence-electron chi connectivity index (χ3n) is 1.16. The van der Waals surface area contributed by atoms with E-state index in [-0.39, 0.29) is 0 Å². The van der Waals surface area contributed by atoms with E-state index in [0.29, 0.717) is 0 Å². The van der Waals surface area contributed by atoms with Crippen LogP contribution in [0.1, 0.15) is 19.8 Å². The monoisotopic (exact) mass is 270 g/mol. The average molecular weight is 272 g/mol. The summed E-state index contributed by atoms with van der Waals surface area (Å²) >= 11 is 7.24. The first kappa shape index (κ1) is 9.92. The Kier molecular flexibility index (Phi) is 5.17. The molecule has 0 aliphatic rings. The SMILES string of the molecule is C=C[Si](Br)(Br)CCCC. The predicted octanol–water partition coefficient (Wildman–Crippen LogP) is 3.74. The van der Waals surface area contributed by atoms with Crippen LogP contribution in [0.4, 0.5) is 0 Å². The Morgan fingerprint density at radius 3 is 2.44 bits per heavy atom. The molecule has 0 nitrogen and oxygen atoms in total. The molecule has 0 unspecified atom stereocenters. The van der Waals surface area contributed by atoms with Crippen molar-refractivity contribution in [3.8, 4) is 0 Å². The molecule has 0 radical (unpaired) electrons. The Morgan fingerprint density at radius 1 is 1.56 bits per heavy atom. The van der Waals surface area contributed by atoms with Crippen molar-refractivity contribution in [2.24, 2.45) is 0 Å². The van der Waals surface area contributed by atoms with Crippen LogP contribution in [0.3, 0.4) is 0 Å². The van der Waals surface area contributed by atoms with Gasteiger partial charge in [0.2, 0.25) is 5.31 Å². The molecule has 54 valence electrons. The molecule has 0 heterocycles. The summed E-state index contributed by atoms with van der Waals surface area (Å²) in [6, 6.07) is 1.24. The summed E-state index contributed by atoms with van der Waals surface area (Å²) in [4.78, 5) is 0. The van der Waals surface area contributed by atoms with Crippen molar-refractivity contribution >= 4 is 35.9 Å². The molecule has 9 heavy (non-hydrogen) atoms. The zero-order valence-corrected chi connectivity index (χ0v) is 9.83. The fourth-order valence-electron chi connectivity index (χ4n) is 0.515. The van der Waals surface area contributed by atoms with Gasteiger partial charge in [-0.2, -0.15) is 0 Å². The molecule has 0 atom stereocenters. The van der Waals surface area contributed by atoms with Crippen LogP contribution >= 0.6 is 30.6 Å². The molecule has 0 aromatic heterocycles. The van der Waals surface area contributed by atoms with Crippen molar-refractivity contribution in [1.82, 2.24) is 0 Å². The van der Waals surface area contributed by atoms with Gasteiger partial charge in [0.25, 0.3) is 0 Å². The fraction of sp³-hybridized carbons (Fsp3) is 0.667. The largest absolute Gasteiger partial charge is 0.222 e. The van der Waals surface area contributed by atoms with Crippen LogP contribution in [0, 0.1) is 0 Å². The van der Waals surface area contributed by atoms with Crippen molar-refractivity contribution in [3.63, 3.8) is 0 Å². The molecule has 0 amide bonds. The van der Waals surface area contributed by atoms with Crippen molar-refractivity contribution in [2.75, 3.05) is 0 Å². The van der Waals surface area contributed by atoms with Gasteiger partial charge < -0.3 is 0 Å². The number of rotatable bonds is 4. The topological polar surface area (TPSA) is 0 Å². The zero-order valence-electron chi connectivity index (χ0n) is 5.66. The highest BCUT2D eigenvalue weighted by Crippen LogP contribution is 2.27. The van der Waals surface area contributed by atoms with E-state index < -0.39 is 5.31 Å². The predicted molar refractivity (Wildman–Crippen MR) is 53.5 cm³/mol. The van der Waals surface area contributed by atoms with E-state index in [0.717, 1.165) is 0 Å². The molecule has 0 bridgehead atoms. The number of unbranched alkanes of at least 4 members (excludes halogenated alkanes) is 1. The second kappa shape index (κ2) is 4.69. The van der Waals surface area contributed by atoms with Gasteiger partial charge in [-0.15, -0.1) is 37.2 Å². The summed E-state index contributed by atoms with van der Waals surface area (Å²) in [5.41, 5.74) is 2.02. The second-order valence-electron chi connectivity index (χ2n) is 2.07. The van der Waals surface area contributed by atoms with Crippen LogP contribution < -0.4 is 0 Å². The molecular weight excluding hydrogens is 260 g/mol. The number of hydrogen-bond donors (Lipinski definition) is 0. The highest BCUT2D eigenvalue weighted by molar-refractivity contribution is 9.51. The molecule has 0 aliphatic carbocycles. The number of halogens is 2. The minimum atomic E-state index is -1.31. The third kappa shape index (κ3) is 5.37. The van der Waals surface area contributed by atoms with Gasteiger partial charge in [-0.1, -0.05) is 25.5 Å². The van der Waals surface area contributed by atoms with Crippen LogP contribution in [0.5, 0.6) is 0 Å². The Labute approximate surface area is 73.9 Å². The van der Waals surface area contributed by atoms with Gasteiger partial charge >= 0.3 is 0 Å². The third-order valence-corrected chi connectivity index (χ3v) is 7.10. The maximum Gasteiger partial charge on any atom is 0.222 e. The van der Waals surface area contributed by atoms with Crippen molar-refractivity contribution in [2.45, 2.75) is 25.8 Å². The molecule has 0 N–H and O–H groups in total. The molecular formula is C6H12Br2Si. The molecule has 0 saturated heterocycles. The van der Waals surface area contributed by atoms with Crippen LogP contribution in [0.2, 0.25) is 6.04 Å². The summed E-state index contributed by atoms with van der Waals surface area (Å²) in [7, 11) is 0. The molecule has 0 fully saturated rings. The first-order valence-electron chi connectivity index (χ1n) is 3.14. The highest BCUT2D eigenvalue weighted by atomic mass is 79.9. The Morgan fingerprint density at radius 2 is 2.11 bits per heavy atom. The molecule has 3 heteroatoms. The molecule has 0 aromatic rings. The molecule has 0 spiro atoms. The zero-order chi connectivity index (χ0) is 7.33. The fourth-order valence-corrected chi connectivity index (χ4v) is 3.23. The van der Waals surface area contributed by atoms with Gasteiger partial charge in [0.15, 0.2) is 0 Å². The summed E-state index contributed by atoms with van der Waals surface area (Å²) in [6.07, 6.45) is 2.55. The smallest absolute Gasteiger partial charge is 0.106 e. The Bertz CT molecular complexity index is 91.1. The first-order valence-corrected chi connectivity index (χ1v) is 9.93. The summed E-state index contributed by atoms with van der Waals surface area (Å²) < 4.78 is 0. The van der Waals surface area contributed by atoms with Crippen molar-refractivity contribution in [1.29, 1.82) is 0 Å². The lowest BCUT2D eigenvalue weighted by Crippen LogP contribution is -2.12. The minimum Gasteiger partial charge on any atom is -0.106 e. The van der Waals surface area contributed by atoms with E-state index >= 15 is 0 Å². The van der Waals surface area contributed by atoms with Gasteiger partial charge in [0.05, 0.1) is 0 Å². The lowest BCUT2D eigenvalue weighted by Gasteiger charge is -2.09. The normalized spacial score (nSPS) is 11.4. The molecule has 0 aliphatic heterocycles. The Balaban J connectivity index is 3.45. The van der Waals surface area contributed by atoms with Crippen LogP contribution in [-0.4, -0.2) is 5.31 Å². The van der Waals surface area contributed by atoms with Crippen molar-refractivity contribution in [3.05, 3.63) is 12.3 Å². The van der Waals surface area contributed by atoms with Crippen LogP contribution in [-0.2, 0) is 0 Å². The first-order chi connectivity index (χ1) is 4.12. The van der Waals surface area contributed by atoms with Gasteiger partial charge in [0, 0.05) is 0 Å². The molecule has 0 rings (SSSR count). The van der Waals surface area contributed by atoms with E-state index in [2.05, 4.69) is 44.1 Å². The lowest BCUT2D eigenvalue weighted by atomic mass is 10.4. The summed E-state index contributed by atoms with van der Waals surface area (Å²) in [5, 5.41) is -1.31. The van der Waals surface area contributed by atoms with Gasteiger partial charge in [-0.05, 0) is 6.04 Å². The van der Waals surface area contributed by atoms with Crippen molar-refractivity contribution < 1.29 is 0 Å². The van der Waals surface area contributed by atoms with Crippen LogP contribution in [0.25, 0.3) is 0 Å². The van der Waals surface area contributed by atoms with Gasteiger partial charge in [-0.25, -0.2) is 0 Å².